The van der Waals surface area contributed by atoms with Crippen molar-refractivity contribution in [1.82, 2.24) is 10.2 Å². The molecule has 1 fully saturated rings. The number of rotatable bonds is 6. The molecule has 1 N–H and O–H groups in total. The van der Waals surface area contributed by atoms with Crippen molar-refractivity contribution in [1.29, 1.82) is 5.26 Å². The van der Waals surface area contributed by atoms with E-state index in [2.05, 4.69) is 15.2 Å². The quantitative estimate of drug-likeness (QED) is 0.581. The second kappa shape index (κ2) is 9.97. The van der Waals surface area contributed by atoms with E-state index in [1.54, 1.807) is 26.4 Å². The summed E-state index contributed by atoms with van der Waals surface area (Å²) in [6.07, 6.45) is 0.978. The van der Waals surface area contributed by atoms with Crippen LogP contribution in [-0.4, -0.2) is 44.7 Å². The summed E-state index contributed by atoms with van der Waals surface area (Å²) >= 11 is 0. The number of guanidine groups is 1. The van der Waals surface area contributed by atoms with Crippen molar-refractivity contribution in [3.05, 3.63) is 58.9 Å². The number of methoxy groups -OCH3 is 2. The molecular weight excluding hydrogens is 383 g/mol. The molecule has 0 bridgehead atoms. The zero-order valence-corrected chi connectivity index (χ0v) is 17.6. The number of likely N-dealkylation sites (tertiary alicyclic amines) is 1. The average molecular weight is 410 g/mol. The van der Waals surface area contributed by atoms with E-state index in [0.717, 1.165) is 43.5 Å². The highest BCUT2D eigenvalue weighted by atomic mass is 19.1. The topological polar surface area (TPSA) is 69.9 Å². The molecule has 0 aromatic heterocycles. The van der Waals surface area contributed by atoms with E-state index >= 15 is 0 Å². The molecule has 2 aromatic carbocycles. The van der Waals surface area contributed by atoms with E-state index in [-0.39, 0.29) is 6.54 Å². The van der Waals surface area contributed by atoms with E-state index in [9.17, 15) is 4.39 Å². The first-order valence-electron chi connectivity index (χ1n) is 10.0. The number of ether oxygens (including phenoxy) is 2. The summed E-state index contributed by atoms with van der Waals surface area (Å²) in [4.78, 5) is 6.83. The van der Waals surface area contributed by atoms with E-state index in [0.29, 0.717) is 17.0 Å². The lowest BCUT2D eigenvalue weighted by atomic mass is 9.98. The summed E-state index contributed by atoms with van der Waals surface area (Å²) in [6, 6.07) is 12.4. The van der Waals surface area contributed by atoms with E-state index < -0.39 is 5.82 Å². The predicted molar refractivity (Wildman–Crippen MR) is 114 cm³/mol. The highest BCUT2D eigenvalue weighted by Gasteiger charge is 2.27. The number of hydrogen-bond donors (Lipinski definition) is 1. The maximum absolute atomic E-state index is 14.2. The van der Waals surface area contributed by atoms with Crippen molar-refractivity contribution in [2.24, 2.45) is 4.99 Å². The van der Waals surface area contributed by atoms with Crippen molar-refractivity contribution in [3.8, 4) is 17.6 Å². The van der Waals surface area contributed by atoms with Crippen LogP contribution in [-0.2, 0) is 6.54 Å². The van der Waals surface area contributed by atoms with Crippen molar-refractivity contribution in [2.45, 2.75) is 25.8 Å². The minimum atomic E-state index is -0.406. The molecule has 1 heterocycles. The number of nitrogens with zero attached hydrogens (tertiary/aromatic N) is 3. The smallest absolute Gasteiger partial charge is 0.194 e. The van der Waals surface area contributed by atoms with Gasteiger partial charge in [0.05, 0.1) is 32.4 Å². The lowest BCUT2D eigenvalue weighted by Crippen LogP contribution is -2.40. The van der Waals surface area contributed by atoms with Gasteiger partial charge in [-0.15, -0.1) is 0 Å². The van der Waals surface area contributed by atoms with Crippen LogP contribution in [0.1, 0.15) is 36.0 Å². The fourth-order valence-electron chi connectivity index (χ4n) is 3.62. The van der Waals surface area contributed by atoms with Crippen LogP contribution in [0.3, 0.4) is 0 Å². The molecule has 1 unspecified atom stereocenters. The summed E-state index contributed by atoms with van der Waals surface area (Å²) in [5.41, 5.74) is 1.95. The summed E-state index contributed by atoms with van der Waals surface area (Å²) in [5, 5.41) is 12.2. The molecule has 1 saturated heterocycles. The molecule has 1 atom stereocenters. The Kier molecular flexibility index (Phi) is 7.12. The summed E-state index contributed by atoms with van der Waals surface area (Å²) in [5.74, 6) is 2.24. The lowest BCUT2D eigenvalue weighted by molar-refractivity contribution is 0.392. The Labute approximate surface area is 176 Å². The maximum Gasteiger partial charge on any atom is 0.194 e. The van der Waals surface area contributed by atoms with Gasteiger partial charge in [0.1, 0.15) is 17.3 Å². The normalized spacial score (nSPS) is 16.3. The minimum absolute atomic E-state index is 0.216. The van der Waals surface area contributed by atoms with Gasteiger partial charge in [-0.1, -0.05) is 6.07 Å². The van der Waals surface area contributed by atoms with Gasteiger partial charge in [-0.05, 0) is 43.2 Å². The molecule has 158 valence electrons. The van der Waals surface area contributed by atoms with Crippen LogP contribution >= 0.6 is 0 Å². The van der Waals surface area contributed by atoms with Crippen LogP contribution in [0.4, 0.5) is 4.39 Å². The zero-order chi connectivity index (χ0) is 21.5. The first-order chi connectivity index (χ1) is 14.6. The molecule has 6 nitrogen and oxygen atoms in total. The molecule has 3 rings (SSSR count). The highest BCUT2D eigenvalue weighted by molar-refractivity contribution is 5.80. The summed E-state index contributed by atoms with van der Waals surface area (Å²) in [6.45, 7) is 4.61. The second-order valence-electron chi connectivity index (χ2n) is 7.17. The van der Waals surface area contributed by atoms with Gasteiger partial charge in [-0.2, -0.15) is 5.26 Å². The molecule has 0 amide bonds. The van der Waals surface area contributed by atoms with E-state index in [1.807, 2.05) is 31.2 Å². The van der Waals surface area contributed by atoms with Crippen LogP contribution in [0.5, 0.6) is 11.5 Å². The van der Waals surface area contributed by atoms with Crippen molar-refractivity contribution in [2.75, 3.05) is 33.9 Å². The Morgan fingerprint density at radius 1 is 1.23 bits per heavy atom. The number of halogens is 1. The van der Waals surface area contributed by atoms with Crippen LogP contribution in [0.15, 0.2) is 41.4 Å². The van der Waals surface area contributed by atoms with Gasteiger partial charge in [-0.25, -0.2) is 9.38 Å². The Balaban J connectivity index is 1.75. The molecule has 0 radical (unpaired) electrons. The van der Waals surface area contributed by atoms with Crippen molar-refractivity contribution >= 4 is 5.96 Å². The highest BCUT2D eigenvalue weighted by Crippen LogP contribution is 2.33. The molecule has 7 heteroatoms. The molecular formula is C23H27FN4O2. The fourth-order valence-corrected chi connectivity index (χ4v) is 3.62. The van der Waals surface area contributed by atoms with E-state index in [1.165, 1.54) is 11.6 Å². The third-order valence-corrected chi connectivity index (χ3v) is 5.25. The first-order valence-corrected chi connectivity index (χ1v) is 10.0. The third kappa shape index (κ3) is 5.01. The number of nitriles is 1. The lowest BCUT2D eigenvalue weighted by Gasteiger charge is -2.22. The second-order valence-corrected chi connectivity index (χ2v) is 7.17. The molecule has 1 aliphatic heterocycles. The monoisotopic (exact) mass is 410 g/mol. The number of aliphatic imine (C=N–C) groups is 1. The van der Waals surface area contributed by atoms with Crippen LogP contribution in [0.2, 0.25) is 0 Å². The minimum Gasteiger partial charge on any atom is -0.497 e. The average Bonchev–Trinajstić information content (AvgIpc) is 3.27. The Morgan fingerprint density at radius 2 is 1.97 bits per heavy atom. The Morgan fingerprint density at radius 3 is 2.57 bits per heavy atom. The van der Waals surface area contributed by atoms with Gasteiger partial charge >= 0.3 is 0 Å². The standard InChI is InChI=1S/C23H27FN4O2/c1-4-26-23(27-14-17-6-5-16(13-25)9-22(17)24)28-8-7-18(15-28)19-10-20(29-2)12-21(11-19)30-3/h5-6,9-12,18H,4,7-8,14-15H2,1-3H3,(H,26,27). The SMILES string of the molecule is CCNC(=NCc1ccc(C#N)cc1F)N1CCC(c2cc(OC)cc(OC)c2)C1. The maximum atomic E-state index is 14.2. The van der Waals surface area contributed by atoms with Gasteiger partial charge in [0.25, 0.3) is 0 Å². The van der Waals surface area contributed by atoms with Crippen LogP contribution in [0, 0.1) is 17.1 Å². The van der Waals surface area contributed by atoms with Crippen molar-refractivity contribution < 1.29 is 13.9 Å². The first kappa shape index (κ1) is 21.4. The molecule has 0 aliphatic carbocycles. The van der Waals surface area contributed by atoms with Gasteiger partial charge in [0.15, 0.2) is 5.96 Å². The summed E-state index contributed by atoms with van der Waals surface area (Å²) < 4.78 is 25.0. The van der Waals surface area contributed by atoms with Crippen LogP contribution < -0.4 is 14.8 Å². The summed E-state index contributed by atoms with van der Waals surface area (Å²) in [7, 11) is 3.30. The number of benzene rings is 2. The molecule has 0 spiro atoms. The van der Waals surface area contributed by atoms with Gasteiger partial charge in [0.2, 0.25) is 0 Å². The van der Waals surface area contributed by atoms with Gasteiger partial charge < -0.3 is 19.7 Å². The van der Waals surface area contributed by atoms with Crippen molar-refractivity contribution in [3.63, 3.8) is 0 Å². The number of hydrogen-bond acceptors (Lipinski definition) is 4. The number of nitrogens with one attached hydrogen (secondary N) is 1. The Hall–Kier alpha value is -3.27. The van der Waals surface area contributed by atoms with Crippen LogP contribution in [0.25, 0.3) is 0 Å². The zero-order valence-electron chi connectivity index (χ0n) is 17.6. The van der Waals surface area contributed by atoms with Gasteiger partial charge in [-0.3, -0.25) is 0 Å². The largest absolute Gasteiger partial charge is 0.497 e. The molecule has 1 aliphatic rings. The predicted octanol–water partition coefficient (Wildman–Crippen LogP) is 3.67. The third-order valence-electron chi connectivity index (χ3n) is 5.25. The Bertz CT molecular complexity index is 932. The van der Waals surface area contributed by atoms with E-state index in [4.69, 9.17) is 14.7 Å². The molecule has 30 heavy (non-hydrogen) atoms. The molecule has 0 saturated carbocycles. The molecule has 2 aromatic rings. The van der Waals surface area contributed by atoms with Gasteiger partial charge in [0, 0.05) is 37.2 Å². The fraction of sp³-hybridized carbons (Fsp3) is 0.391.